The highest BCUT2D eigenvalue weighted by Gasteiger charge is 2.06. The SMILES string of the molecule is NC(=S)c1ccnc(-n2cnc3ccccc32)c1. The number of benzene rings is 1. The van der Waals surface area contributed by atoms with Crippen LogP contribution < -0.4 is 5.73 Å². The molecule has 0 saturated carbocycles. The molecule has 0 bridgehead atoms. The first kappa shape index (κ1) is 10.9. The first-order valence-corrected chi connectivity index (χ1v) is 5.85. The molecule has 5 heteroatoms. The number of aromatic nitrogens is 3. The lowest BCUT2D eigenvalue weighted by molar-refractivity contribution is 1.02. The quantitative estimate of drug-likeness (QED) is 0.711. The summed E-state index contributed by atoms with van der Waals surface area (Å²) in [6, 6.07) is 11.5. The van der Waals surface area contributed by atoms with Gasteiger partial charge in [0.2, 0.25) is 0 Å². The van der Waals surface area contributed by atoms with Gasteiger partial charge in [-0.2, -0.15) is 0 Å². The number of fused-ring (bicyclic) bond motifs is 1. The molecule has 0 amide bonds. The van der Waals surface area contributed by atoms with E-state index in [1.165, 1.54) is 0 Å². The van der Waals surface area contributed by atoms with Crippen molar-refractivity contribution in [2.24, 2.45) is 5.73 Å². The molecule has 0 atom stereocenters. The van der Waals surface area contributed by atoms with E-state index >= 15 is 0 Å². The summed E-state index contributed by atoms with van der Waals surface area (Å²) in [6.45, 7) is 0. The predicted octanol–water partition coefficient (Wildman–Crippen LogP) is 2.05. The summed E-state index contributed by atoms with van der Waals surface area (Å²) >= 11 is 4.97. The summed E-state index contributed by atoms with van der Waals surface area (Å²) in [7, 11) is 0. The Morgan fingerprint density at radius 1 is 1.17 bits per heavy atom. The van der Waals surface area contributed by atoms with Crippen LogP contribution in [0.5, 0.6) is 0 Å². The minimum Gasteiger partial charge on any atom is -0.389 e. The Morgan fingerprint density at radius 3 is 2.83 bits per heavy atom. The van der Waals surface area contributed by atoms with Gasteiger partial charge in [-0.15, -0.1) is 0 Å². The van der Waals surface area contributed by atoms with Crippen molar-refractivity contribution in [3.8, 4) is 5.82 Å². The van der Waals surface area contributed by atoms with Crippen molar-refractivity contribution in [2.75, 3.05) is 0 Å². The number of imidazole rings is 1. The normalized spacial score (nSPS) is 10.7. The Kier molecular flexibility index (Phi) is 2.53. The van der Waals surface area contributed by atoms with Gasteiger partial charge in [-0.25, -0.2) is 9.97 Å². The van der Waals surface area contributed by atoms with E-state index in [1.807, 2.05) is 34.9 Å². The summed E-state index contributed by atoms with van der Waals surface area (Å²) < 4.78 is 1.91. The van der Waals surface area contributed by atoms with E-state index in [-0.39, 0.29) is 0 Å². The molecule has 1 aromatic carbocycles. The van der Waals surface area contributed by atoms with E-state index in [0.717, 1.165) is 22.4 Å². The molecule has 0 spiro atoms. The summed E-state index contributed by atoms with van der Waals surface area (Å²) in [5, 5.41) is 0. The summed E-state index contributed by atoms with van der Waals surface area (Å²) in [5.41, 5.74) is 8.36. The van der Waals surface area contributed by atoms with Crippen molar-refractivity contribution in [1.82, 2.24) is 14.5 Å². The zero-order valence-corrected chi connectivity index (χ0v) is 10.3. The maximum absolute atomic E-state index is 5.63. The van der Waals surface area contributed by atoms with Gasteiger partial charge in [0.15, 0.2) is 0 Å². The minimum atomic E-state index is 0.364. The van der Waals surface area contributed by atoms with Gasteiger partial charge in [-0.3, -0.25) is 4.57 Å². The molecule has 0 fully saturated rings. The molecular weight excluding hydrogens is 244 g/mol. The lowest BCUT2D eigenvalue weighted by Gasteiger charge is -2.05. The second-order valence-corrected chi connectivity index (χ2v) is 4.31. The lowest BCUT2D eigenvalue weighted by atomic mass is 10.2. The Balaban J connectivity index is 2.20. The largest absolute Gasteiger partial charge is 0.389 e. The molecule has 4 nitrogen and oxygen atoms in total. The molecule has 88 valence electrons. The predicted molar refractivity (Wildman–Crippen MR) is 74.8 cm³/mol. The van der Waals surface area contributed by atoms with Gasteiger partial charge in [0.05, 0.1) is 11.0 Å². The van der Waals surface area contributed by atoms with Crippen LogP contribution in [0.2, 0.25) is 0 Å². The lowest BCUT2D eigenvalue weighted by Crippen LogP contribution is -2.10. The standard InChI is InChI=1S/C13H10N4S/c14-13(18)9-5-6-15-12(7-9)17-8-16-10-3-1-2-4-11(10)17/h1-8H,(H2,14,18). The first-order valence-electron chi connectivity index (χ1n) is 5.44. The number of nitrogens with two attached hydrogens (primary N) is 1. The summed E-state index contributed by atoms with van der Waals surface area (Å²) in [4.78, 5) is 9.01. The summed E-state index contributed by atoms with van der Waals surface area (Å²) in [5.74, 6) is 0.758. The van der Waals surface area contributed by atoms with Crippen molar-refractivity contribution in [3.63, 3.8) is 0 Å². The molecule has 3 rings (SSSR count). The van der Waals surface area contributed by atoms with Crippen molar-refractivity contribution >= 4 is 28.2 Å². The van der Waals surface area contributed by atoms with Crippen molar-refractivity contribution in [1.29, 1.82) is 0 Å². The highest BCUT2D eigenvalue weighted by molar-refractivity contribution is 7.80. The van der Waals surface area contributed by atoms with Crippen LogP contribution in [0.3, 0.4) is 0 Å². The van der Waals surface area contributed by atoms with Crippen LogP contribution in [0, 0.1) is 0 Å². The molecular formula is C13H10N4S. The fourth-order valence-electron chi connectivity index (χ4n) is 1.85. The Bertz CT molecular complexity index is 732. The molecule has 3 aromatic rings. The molecule has 2 aromatic heterocycles. The number of pyridine rings is 1. The van der Waals surface area contributed by atoms with E-state index in [1.54, 1.807) is 18.6 Å². The van der Waals surface area contributed by atoms with E-state index in [4.69, 9.17) is 18.0 Å². The number of hydrogen-bond donors (Lipinski definition) is 1. The first-order chi connectivity index (χ1) is 8.75. The third-order valence-corrected chi connectivity index (χ3v) is 2.97. The van der Waals surface area contributed by atoms with Gasteiger partial charge in [0.25, 0.3) is 0 Å². The van der Waals surface area contributed by atoms with Crippen LogP contribution in [0.15, 0.2) is 48.9 Å². The molecule has 18 heavy (non-hydrogen) atoms. The molecule has 2 heterocycles. The molecule has 0 saturated heterocycles. The topological polar surface area (TPSA) is 56.7 Å². The Morgan fingerprint density at radius 2 is 2.00 bits per heavy atom. The smallest absolute Gasteiger partial charge is 0.138 e. The van der Waals surface area contributed by atoms with Crippen molar-refractivity contribution < 1.29 is 0 Å². The Hall–Kier alpha value is -2.27. The average molecular weight is 254 g/mol. The number of thiocarbonyl (C=S) groups is 1. The van der Waals surface area contributed by atoms with Gasteiger partial charge >= 0.3 is 0 Å². The van der Waals surface area contributed by atoms with Gasteiger partial charge in [-0.05, 0) is 24.3 Å². The highest BCUT2D eigenvalue weighted by atomic mass is 32.1. The molecule has 0 unspecified atom stereocenters. The van der Waals surface area contributed by atoms with Crippen molar-refractivity contribution in [3.05, 3.63) is 54.5 Å². The zero-order chi connectivity index (χ0) is 12.5. The van der Waals surface area contributed by atoms with Crippen molar-refractivity contribution in [2.45, 2.75) is 0 Å². The monoisotopic (exact) mass is 254 g/mol. The van der Waals surface area contributed by atoms with Crippen LogP contribution >= 0.6 is 12.2 Å². The number of hydrogen-bond acceptors (Lipinski definition) is 3. The fraction of sp³-hybridized carbons (Fsp3) is 0. The minimum absolute atomic E-state index is 0.364. The summed E-state index contributed by atoms with van der Waals surface area (Å²) in [6.07, 6.45) is 3.44. The van der Waals surface area contributed by atoms with Gasteiger partial charge in [0.1, 0.15) is 17.1 Å². The zero-order valence-electron chi connectivity index (χ0n) is 9.45. The van der Waals surface area contributed by atoms with Crippen LogP contribution in [0.4, 0.5) is 0 Å². The molecule has 2 N–H and O–H groups in total. The van der Waals surface area contributed by atoms with E-state index in [2.05, 4.69) is 9.97 Å². The van der Waals surface area contributed by atoms with Crippen LogP contribution in [-0.2, 0) is 0 Å². The van der Waals surface area contributed by atoms with E-state index in [0.29, 0.717) is 4.99 Å². The Labute approximate surface area is 109 Å². The van der Waals surface area contributed by atoms with Crippen LogP contribution in [-0.4, -0.2) is 19.5 Å². The molecule has 0 aliphatic heterocycles. The average Bonchev–Trinajstić information content (AvgIpc) is 2.82. The third kappa shape index (κ3) is 1.74. The van der Waals surface area contributed by atoms with Gasteiger partial charge in [-0.1, -0.05) is 24.4 Å². The second kappa shape index (κ2) is 4.19. The van der Waals surface area contributed by atoms with Gasteiger partial charge in [0, 0.05) is 11.8 Å². The molecule has 0 aliphatic carbocycles. The van der Waals surface area contributed by atoms with Crippen LogP contribution in [0.25, 0.3) is 16.9 Å². The number of nitrogens with zero attached hydrogens (tertiary/aromatic N) is 3. The second-order valence-electron chi connectivity index (χ2n) is 3.87. The highest BCUT2D eigenvalue weighted by Crippen LogP contribution is 2.16. The van der Waals surface area contributed by atoms with Gasteiger partial charge < -0.3 is 5.73 Å². The molecule has 0 aliphatic rings. The van der Waals surface area contributed by atoms with E-state index in [9.17, 15) is 0 Å². The fourth-order valence-corrected chi connectivity index (χ4v) is 1.97. The maximum Gasteiger partial charge on any atom is 0.138 e. The maximum atomic E-state index is 5.63. The number of rotatable bonds is 2. The van der Waals surface area contributed by atoms with E-state index < -0.39 is 0 Å². The third-order valence-electron chi connectivity index (χ3n) is 2.73. The van der Waals surface area contributed by atoms with Crippen LogP contribution in [0.1, 0.15) is 5.56 Å². The molecule has 0 radical (unpaired) electrons. The number of para-hydroxylation sites is 2.